The van der Waals surface area contributed by atoms with Crippen LogP contribution < -0.4 is 20.9 Å². The lowest BCUT2D eigenvalue weighted by Gasteiger charge is -2.19. The summed E-state index contributed by atoms with van der Waals surface area (Å²) >= 11 is 1.29. The second kappa shape index (κ2) is 11.1. The van der Waals surface area contributed by atoms with Crippen molar-refractivity contribution < 1.29 is 18.3 Å². The summed E-state index contributed by atoms with van der Waals surface area (Å²) in [6, 6.07) is 12.0. The number of amides is 1. The zero-order chi connectivity index (χ0) is 27.4. The summed E-state index contributed by atoms with van der Waals surface area (Å²) in [5, 5.41) is 14.8. The first-order valence-corrected chi connectivity index (χ1v) is 12.3. The first-order valence-electron chi connectivity index (χ1n) is 11.5. The molecule has 2 aromatic carbocycles. The molecule has 5 rings (SSSR count). The molecule has 0 spiro atoms. The Hall–Kier alpha value is -5.16. The van der Waals surface area contributed by atoms with Gasteiger partial charge in [0.15, 0.2) is 17.3 Å². The van der Waals surface area contributed by atoms with E-state index in [1.807, 2.05) is 5.38 Å². The van der Waals surface area contributed by atoms with Gasteiger partial charge in [-0.05, 0) is 72.2 Å². The molecular weight excluding hydrogens is 524 g/mol. The van der Waals surface area contributed by atoms with Crippen LogP contribution in [-0.4, -0.2) is 21.1 Å². The zero-order valence-electron chi connectivity index (χ0n) is 20.0. The third kappa shape index (κ3) is 5.58. The molecule has 3 heterocycles. The first-order chi connectivity index (χ1) is 18.9. The molecule has 11 heteroatoms. The summed E-state index contributed by atoms with van der Waals surface area (Å²) in [5.74, 6) is -1.78. The van der Waals surface area contributed by atoms with Gasteiger partial charge < -0.3 is 20.8 Å². The van der Waals surface area contributed by atoms with Crippen LogP contribution in [0.1, 0.15) is 15.9 Å². The van der Waals surface area contributed by atoms with E-state index in [1.54, 1.807) is 18.5 Å². The number of rotatable bonds is 7. The number of ether oxygens (including phenoxy) is 1. The summed E-state index contributed by atoms with van der Waals surface area (Å²) in [4.78, 5) is 25.8. The summed E-state index contributed by atoms with van der Waals surface area (Å²) in [6.45, 7) is 0. The van der Waals surface area contributed by atoms with E-state index in [0.29, 0.717) is 11.4 Å². The minimum atomic E-state index is -0.756. The quantitative estimate of drug-likeness (QED) is 0.276. The first kappa shape index (κ1) is 25.5. The van der Waals surface area contributed by atoms with E-state index in [9.17, 15) is 14.0 Å². The highest BCUT2D eigenvalue weighted by Crippen LogP contribution is 2.29. The Bertz CT molecular complexity index is 1710. The van der Waals surface area contributed by atoms with Crippen molar-refractivity contribution in [2.75, 3.05) is 5.32 Å². The number of nitrogens with zero attached hydrogens (tertiary/aromatic N) is 2. The normalized spacial score (nSPS) is 13.7. The lowest BCUT2D eigenvalue weighted by molar-refractivity contribution is 0.102. The number of halogens is 2. The number of anilines is 1. The standard InChI is InChI=1S/C28H19F2N5O3S/c29-19-3-6-21(7-4-19)35-11-1-2-22(28(35)37)27(36)34-20-5-8-25(23(30)13-20)38-26-12-17(18-15-33-39-16-18)14-32-24(26)9-10-31/h1-16,31-32H,(H,34,36)/b24-9-,31-10?. The monoisotopic (exact) mass is 543 g/mol. The summed E-state index contributed by atoms with van der Waals surface area (Å²) in [7, 11) is 0. The Morgan fingerprint density at radius 1 is 1.15 bits per heavy atom. The molecule has 0 saturated heterocycles. The molecule has 8 nitrogen and oxygen atoms in total. The smallest absolute Gasteiger partial charge is 0.267 e. The molecule has 0 aliphatic carbocycles. The Balaban J connectivity index is 1.36. The van der Waals surface area contributed by atoms with Crippen molar-refractivity contribution in [1.29, 1.82) is 5.41 Å². The molecule has 1 aliphatic rings. The molecule has 1 amide bonds. The van der Waals surface area contributed by atoms with E-state index in [2.05, 4.69) is 15.0 Å². The van der Waals surface area contributed by atoms with Crippen molar-refractivity contribution in [2.45, 2.75) is 0 Å². The number of carbonyl (C=O) groups excluding carboxylic acids is 1. The van der Waals surface area contributed by atoms with Crippen LogP contribution in [0.5, 0.6) is 5.75 Å². The Labute approximate surface area is 224 Å². The fourth-order valence-electron chi connectivity index (χ4n) is 3.75. The minimum absolute atomic E-state index is 0.109. The predicted octanol–water partition coefficient (Wildman–Crippen LogP) is 5.26. The van der Waals surface area contributed by atoms with E-state index in [1.165, 1.54) is 76.9 Å². The van der Waals surface area contributed by atoms with Gasteiger partial charge in [-0.15, -0.1) is 0 Å². The van der Waals surface area contributed by atoms with E-state index >= 15 is 4.39 Å². The van der Waals surface area contributed by atoms with Gasteiger partial charge in [-0.1, -0.05) is 0 Å². The van der Waals surface area contributed by atoms with Gasteiger partial charge >= 0.3 is 0 Å². The third-order valence-electron chi connectivity index (χ3n) is 5.66. The van der Waals surface area contributed by atoms with Gasteiger partial charge in [0, 0.05) is 58.8 Å². The summed E-state index contributed by atoms with van der Waals surface area (Å²) in [6.07, 6.45) is 9.13. The van der Waals surface area contributed by atoms with Crippen molar-refractivity contribution >= 4 is 34.9 Å². The van der Waals surface area contributed by atoms with Crippen LogP contribution in [0.25, 0.3) is 11.3 Å². The SMILES string of the molecule is N=C/C=C1\NC=C(c2cnsc2)C=C1Oc1ccc(NC(=O)c2cccn(-c3ccc(F)cc3)c2=O)cc1F. The second-order valence-electron chi connectivity index (χ2n) is 8.19. The molecule has 0 fully saturated rings. The molecule has 3 N–H and O–H groups in total. The van der Waals surface area contributed by atoms with E-state index in [4.69, 9.17) is 10.1 Å². The van der Waals surface area contributed by atoms with E-state index < -0.39 is 23.1 Å². The average Bonchev–Trinajstić information content (AvgIpc) is 3.47. The van der Waals surface area contributed by atoms with Gasteiger partial charge in [0.25, 0.3) is 11.5 Å². The van der Waals surface area contributed by atoms with Crippen LogP contribution in [0.2, 0.25) is 0 Å². The maximum atomic E-state index is 15.0. The third-order valence-corrected chi connectivity index (χ3v) is 6.24. The molecule has 0 bridgehead atoms. The van der Waals surface area contributed by atoms with Crippen molar-refractivity contribution in [3.05, 3.63) is 135 Å². The van der Waals surface area contributed by atoms with Crippen molar-refractivity contribution in [2.24, 2.45) is 0 Å². The van der Waals surface area contributed by atoms with Gasteiger partial charge in [0.2, 0.25) is 0 Å². The molecule has 0 radical (unpaired) electrons. The van der Waals surface area contributed by atoms with Gasteiger partial charge in [-0.3, -0.25) is 14.2 Å². The number of aromatic nitrogens is 2. The van der Waals surface area contributed by atoms with Gasteiger partial charge in [-0.25, -0.2) is 13.2 Å². The molecule has 0 saturated carbocycles. The highest BCUT2D eigenvalue weighted by Gasteiger charge is 2.18. The van der Waals surface area contributed by atoms with Crippen molar-refractivity contribution in [1.82, 2.24) is 14.3 Å². The maximum absolute atomic E-state index is 15.0. The highest BCUT2D eigenvalue weighted by molar-refractivity contribution is 7.03. The number of nitrogens with one attached hydrogen (secondary N) is 3. The minimum Gasteiger partial charge on any atom is -0.452 e. The number of hydrogen-bond acceptors (Lipinski definition) is 7. The summed E-state index contributed by atoms with van der Waals surface area (Å²) < 4.78 is 39.4. The van der Waals surface area contributed by atoms with Crippen LogP contribution in [0.4, 0.5) is 14.5 Å². The van der Waals surface area contributed by atoms with Crippen LogP contribution >= 0.6 is 11.5 Å². The molecule has 1 aliphatic heterocycles. The largest absolute Gasteiger partial charge is 0.452 e. The predicted molar refractivity (Wildman–Crippen MR) is 145 cm³/mol. The lowest BCUT2D eigenvalue weighted by Crippen LogP contribution is -2.27. The number of benzene rings is 2. The average molecular weight is 544 g/mol. The van der Waals surface area contributed by atoms with Gasteiger partial charge in [-0.2, -0.15) is 0 Å². The van der Waals surface area contributed by atoms with Crippen molar-refractivity contribution in [3.63, 3.8) is 0 Å². The molecule has 0 atom stereocenters. The Morgan fingerprint density at radius 2 is 1.97 bits per heavy atom. The molecule has 194 valence electrons. The molecule has 0 unspecified atom stereocenters. The molecule has 39 heavy (non-hydrogen) atoms. The zero-order valence-corrected chi connectivity index (χ0v) is 20.8. The number of allylic oxidation sites excluding steroid dienone is 3. The molecule has 2 aromatic heterocycles. The maximum Gasteiger partial charge on any atom is 0.267 e. The fourth-order valence-corrected chi connectivity index (χ4v) is 4.30. The van der Waals surface area contributed by atoms with Crippen molar-refractivity contribution in [3.8, 4) is 11.4 Å². The van der Waals surface area contributed by atoms with Crippen LogP contribution in [0, 0.1) is 17.0 Å². The lowest BCUT2D eigenvalue weighted by atomic mass is 10.1. The van der Waals surface area contributed by atoms with Gasteiger partial charge in [0.1, 0.15) is 11.4 Å². The Kier molecular flexibility index (Phi) is 7.23. The topological polar surface area (TPSA) is 109 Å². The summed E-state index contributed by atoms with van der Waals surface area (Å²) in [5.41, 5.74) is 1.77. The number of pyridine rings is 1. The van der Waals surface area contributed by atoms with Crippen LogP contribution in [0.3, 0.4) is 0 Å². The fraction of sp³-hybridized carbons (Fsp3) is 0. The number of hydrogen-bond donors (Lipinski definition) is 3. The van der Waals surface area contributed by atoms with E-state index in [0.717, 1.165) is 23.4 Å². The van der Waals surface area contributed by atoms with Crippen LogP contribution in [0.15, 0.2) is 107 Å². The molecular formula is C28H19F2N5O3S. The van der Waals surface area contributed by atoms with Gasteiger partial charge in [0.05, 0.1) is 5.70 Å². The Morgan fingerprint density at radius 3 is 2.69 bits per heavy atom. The van der Waals surface area contributed by atoms with E-state index in [-0.39, 0.29) is 22.8 Å². The highest BCUT2D eigenvalue weighted by atomic mass is 32.1. The number of dihydropyridines is 1. The van der Waals surface area contributed by atoms with Crippen LogP contribution in [-0.2, 0) is 0 Å². The molecule has 4 aromatic rings. The second-order valence-corrected chi connectivity index (χ2v) is 8.84. The number of carbonyl (C=O) groups is 1.